The van der Waals surface area contributed by atoms with Gasteiger partial charge in [0, 0.05) is 25.0 Å². The lowest BCUT2D eigenvalue weighted by molar-refractivity contribution is -0.128. The van der Waals surface area contributed by atoms with Crippen LogP contribution < -0.4 is 0 Å². The summed E-state index contributed by atoms with van der Waals surface area (Å²) in [5, 5.41) is 0. The fourth-order valence-electron chi connectivity index (χ4n) is 1.82. The monoisotopic (exact) mass is 314 g/mol. The van der Waals surface area contributed by atoms with Crippen molar-refractivity contribution in [2.75, 3.05) is 24.6 Å². The standard InChI is InChI=1S/C12H15BrN2OS/c13-11-4-3-10(8-14-11)2-1-5-15-6-7-17-9-12(15)16/h3-4,8H,1-2,5-7,9H2. The average Bonchev–Trinajstić information content (AvgIpc) is 2.34. The van der Waals surface area contributed by atoms with Gasteiger partial charge < -0.3 is 4.90 Å². The molecule has 0 N–H and O–H groups in total. The van der Waals surface area contributed by atoms with E-state index in [9.17, 15) is 4.79 Å². The minimum atomic E-state index is 0.287. The summed E-state index contributed by atoms with van der Waals surface area (Å²) in [6.45, 7) is 1.78. The van der Waals surface area contributed by atoms with Crippen molar-refractivity contribution in [1.29, 1.82) is 0 Å². The van der Waals surface area contributed by atoms with E-state index in [0.29, 0.717) is 5.75 Å². The topological polar surface area (TPSA) is 33.2 Å². The number of hydrogen-bond acceptors (Lipinski definition) is 3. The SMILES string of the molecule is O=C1CSCCN1CCCc1ccc(Br)nc1. The van der Waals surface area contributed by atoms with Crippen molar-refractivity contribution < 1.29 is 4.79 Å². The summed E-state index contributed by atoms with van der Waals surface area (Å²) in [7, 11) is 0. The molecule has 0 bridgehead atoms. The molecule has 0 aliphatic carbocycles. The minimum absolute atomic E-state index is 0.287. The number of amides is 1. The quantitative estimate of drug-likeness (QED) is 0.800. The van der Waals surface area contributed by atoms with Crippen molar-refractivity contribution in [3.63, 3.8) is 0 Å². The lowest BCUT2D eigenvalue weighted by Crippen LogP contribution is -2.38. The number of halogens is 1. The molecule has 0 saturated carbocycles. The van der Waals surface area contributed by atoms with Crippen molar-refractivity contribution >= 4 is 33.6 Å². The number of carbonyl (C=O) groups excluding carboxylic acids is 1. The molecule has 0 radical (unpaired) electrons. The number of aryl methyl sites for hydroxylation is 1. The summed E-state index contributed by atoms with van der Waals surface area (Å²) in [5.41, 5.74) is 1.23. The lowest BCUT2D eigenvalue weighted by atomic mass is 10.1. The predicted octanol–water partition coefficient (Wildman–Crippen LogP) is 2.35. The number of carbonyl (C=O) groups is 1. The molecule has 1 amide bonds. The molecule has 0 spiro atoms. The largest absolute Gasteiger partial charge is 0.341 e. The van der Waals surface area contributed by atoms with Crippen LogP contribution in [0.4, 0.5) is 0 Å². The second kappa shape index (κ2) is 6.40. The van der Waals surface area contributed by atoms with Gasteiger partial charge in [0.05, 0.1) is 5.75 Å². The third-order valence-electron chi connectivity index (χ3n) is 2.77. The van der Waals surface area contributed by atoms with Crippen molar-refractivity contribution in [3.8, 4) is 0 Å². The molecular weight excluding hydrogens is 300 g/mol. The van der Waals surface area contributed by atoms with Crippen molar-refractivity contribution in [2.45, 2.75) is 12.8 Å². The van der Waals surface area contributed by atoms with Gasteiger partial charge in [0.15, 0.2) is 0 Å². The number of thioether (sulfide) groups is 1. The predicted molar refractivity (Wildman–Crippen MR) is 74.2 cm³/mol. The van der Waals surface area contributed by atoms with Gasteiger partial charge in [0.25, 0.3) is 0 Å². The summed E-state index contributed by atoms with van der Waals surface area (Å²) in [5.74, 6) is 2.01. The molecule has 2 heterocycles. The molecule has 0 atom stereocenters. The number of hydrogen-bond donors (Lipinski definition) is 0. The highest BCUT2D eigenvalue weighted by molar-refractivity contribution is 9.10. The molecule has 2 rings (SSSR count). The minimum Gasteiger partial charge on any atom is -0.341 e. The maximum absolute atomic E-state index is 11.6. The summed E-state index contributed by atoms with van der Waals surface area (Å²) in [6, 6.07) is 4.03. The van der Waals surface area contributed by atoms with Gasteiger partial charge in [-0.1, -0.05) is 6.07 Å². The number of nitrogens with zero attached hydrogens (tertiary/aromatic N) is 2. The van der Waals surface area contributed by atoms with E-state index in [0.717, 1.165) is 36.3 Å². The highest BCUT2D eigenvalue weighted by Gasteiger charge is 2.17. The first-order valence-electron chi connectivity index (χ1n) is 5.71. The Morgan fingerprint density at radius 1 is 1.47 bits per heavy atom. The lowest BCUT2D eigenvalue weighted by Gasteiger charge is -2.26. The van der Waals surface area contributed by atoms with Gasteiger partial charge in [-0.2, -0.15) is 11.8 Å². The Bertz CT molecular complexity index is 383. The van der Waals surface area contributed by atoms with Crippen LogP contribution in [0.5, 0.6) is 0 Å². The molecule has 17 heavy (non-hydrogen) atoms. The van der Waals surface area contributed by atoms with Crippen LogP contribution in [0.3, 0.4) is 0 Å². The van der Waals surface area contributed by atoms with Gasteiger partial charge in [-0.25, -0.2) is 4.98 Å². The molecule has 1 aromatic rings. The normalized spacial score (nSPS) is 16.3. The van der Waals surface area contributed by atoms with Crippen LogP contribution in [0.2, 0.25) is 0 Å². The smallest absolute Gasteiger partial charge is 0.232 e. The Hall–Kier alpha value is -0.550. The molecule has 1 fully saturated rings. The maximum Gasteiger partial charge on any atom is 0.232 e. The molecule has 92 valence electrons. The van der Waals surface area contributed by atoms with E-state index in [1.54, 1.807) is 11.8 Å². The Balaban J connectivity index is 1.75. The van der Waals surface area contributed by atoms with Crippen LogP contribution in [-0.4, -0.2) is 40.4 Å². The average molecular weight is 315 g/mol. The highest BCUT2D eigenvalue weighted by Crippen LogP contribution is 2.12. The summed E-state index contributed by atoms with van der Waals surface area (Å²) in [4.78, 5) is 17.7. The molecule has 1 aromatic heterocycles. The molecule has 1 aliphatic heterocycles. The van der Waals surface area contributed by atoms with E-state index in [1.165, 1.54) is 5.56 Å². The Kier molecular flexibility index (Phi) is 4.86. The molecule has 0 unspecified atom stereocenters. The third kappa shape index (κ3) is 4.00. The van der Waals surface area contributed by atoms with Crippen LogP contribution >= 0.6 is 27.7 Å². The van der Waals surface area contributed by atoms with E-state index in [4.69, 9.17) is 0 Å². The number of pyridine rings is 1. The maximum atomic E-state index is 11.6. The van der Waals surface area contributed by atoms with Gasteiger partial charge in [0.1, 0.15) is 4.60 Å². The van der Waals surface area contributed by atoms with Gasteiger partial charge in [-0.05, 0) is 40.4 Å². The molecule has 1 aliphatic rings. The zero-order valence-electron chi connectivity index (χ0n) is 9.56. The first-order valence-corrected chi connectivity index (χ1v) is 7.66. The Labute approximate surface area is 114 Å². The van der Waals surface area contributed by atoms with E-state index in [1.807, 2.05) is 17.2 Å². The van der Waals surface area contributed by atoms with Crippen LogP contribution in [0.15, 0.2) is 22.9 Å². The molecule has 0 aromatic carbocycles. The zero-order valence-corrected chi connectivity index (χ0v) is 12.0. The van der Waals surface area contributed by atoms with Crippen molar-refractivity contribution in [3.05, 3.63) is 28.5 Å². The van der Waals surface area contributed by atoms with Crippen LogP contribution in [0.25, 0.3) is 0 Å². The van der Waals surface area contributed by atoms with Crippen molar-refractivity contribution in [1.82, 2.24) is 9.88 Å². The summed E-state index contributed by atoms with van der Waals surface area (Å²) in [6.07, 6.45) is 3.88. The Morgan fingerprint density at radius 3 is 3.06 bits per heavy atom. The second-order valence-electron chi connectivity index (χ2n) is 4.03. The van der Waals surface area contributed by atoms with E-state index in [2.05, 4.69) is 27.0 Å². The van der Waals surface area contributed by atoms with E-state index >= 15 is 0 Å². The third-order valence-corrected chi connectivity index (χ3v) is 4.16. The summed E-state index contributed by atoms with van der Waals surface area (Å²) >= 11 is 5.05. The van der Waals surface area contributed by atoms with Gasteiger partial charge >= 0.3 is 0 Å². The first-order chi connectivity index (χ1) is 8.25. The van der Waals surface area contributed by atoms with E-state index < -0.39 is 0 Å². The van der Waals surface area contributed by atoms with Crippen LogP contribution in [-0.2, 0) is 11.2 Å². The van der Waals surface area contributed by atoms with Gasteiger partial charge in [-0.15, -0.1) is 0 Å². The molecule has 5 heteroatoms. The van der Waals surface area contributed by atoms with E-state index in [-0.39, 0.29) is 5.91 Å². The number of aromatic nitrogens is 1. The second-order valence-corrected chi connectivity index (χ2v) is 5.94. The fraction of sp³-hybridized carbons (Fsp3) is 0.500. The Morgan fingerprint density at radius 2 is 2.35 bits per heavy atom. The van der Waals surface area contributed by atoms with Crippen LogP contribution in [0.1, 0.15) is 12.0 Å². The van der Waals surface area contributed by atoms with Crippen molar-refractivity contribution in [2.24, 2.45) is 0 Å². The van der Waals surface area contributed by atoms with Gasteiger partial charge in [-0.3, -0.25) is 4.79 Å². The molecular formula is C12H15BrN2OS. The van der Waals surface area contributed by atoms with Gasteiger partial charge in [0.2, 0.25) is 5.91 Å². The molecule has 3 nitrogen and oxygen atoms in total. The number of rotatable bonds is 4. The first kappa shape index (κ1) is 12.9. The van der Waals surface area contributed by atoms with Crippen LogP contribution in [0, 0.1) is 0 Å². The molecule has 1 saturated heterocycles. The fourth-order valence-corrected chi connectivity index (χ4v) is 2.90. The highest BCUT2D eigenvalue weighted by atomic mass is 79.9. The summed E-state index contributed by atoms with van der Waals surface area (Å²) < 4.78 is 0.865. The zero-order chi connectivity index (χ0) is 12.1.